The fraction of sp³-hybridized carbons (Fsp3) is 0.0714. The summed E-state index contributed by atoms with van der Waals surface area (Å²) in [6, 6.07) is 12.0. The molecule has 2 rings (SSSR count). The first-order valence-electron chi connectivity index (χ1n) is 5.40. The summed E-state index contributed by atoms with van der Waals surface area (Å²) >= 11 is 2.16. The predicted octanol–water partition coefficient (Wildman–Crippen LogP) is 3.99. The summed E-state index contributed by atoms with van der Waals surface area (Å²) < 4.78 is 14.8. The maximum atomic E-state index is 13.7. The van der Waals surface area contributed by atoms with E-state index in [1.165, 1.54) is 0 Å². The Labute approximate surface area is 118 Å². The number of hydrogen-bond donors (Lipinski definition) is 1. The van der Waals surface area contributed by atoms with E-state index < -0.39 is 5.82 Å². The van der Waals surface area contributed by atoms with Crippen molar-refractivity contribution in [2.75, 3.05) is 5.32 Å². The van der Waals surface area contributed by atoms with Crippen LogP contribution < -0.4 is 5.32 Å². The van der Waals surface area contributed by atoms with Crippen molar-refractivity contribution in [2.45, 2.75) is 6.92 Å². The molecule has 4 heteroatoms. The molecule has 0 unspecified atom stereocenters. The van der Waals surface area contributed by atoms with Crippen molar-refractivity contribution in [1.29, 1.82) is 0 Å². The molecule has 0 heterocycles. The summed E-state index contributed by atoms with van der Waals surface area (Å²) in [5.41, 5.74) is 1.23. The van der Waals surface area contributed by atoms with Gasteiger partial charge in [0.05, 0.1) is 5.69 Å². The third-order valence-corrected chi connectivity index (χ3v) is 3.27. The summed E-state index contributed by atoms with van der Waals surface area (Å²) in [4.78, 5) is 11.9. The monoisotopic (exact) mass is 355 g/mol. The Kier molecular flexibility index (Phi) is 3.96. The molecule has 2 aromatic rings. The second kappa shape index (κ2) is 5.48. The van der Waals surface area contributed by atoms with Gasteiger partial charge in [0, 0.05) is 9.13 Å². The molecule has 18 heavy (non-hydrogen) atoms. The lowest BCUT2D eigenvalue weighted by Crippen LogP contribution is -2.13. The molecule has 0 aliphatic heterocycles. The minimum atomic E-state index is -0.392. The van der Waals surface area contributed by atoms with Gasteiger partial charge in [-0.1, -0.05) is 12.1 Å². The quantitative estimate of drug-likeness (QED) is 0.811. The van der Waals surface area contributed by atoms with E-state index in [4.69, 9.17) is 0 Å². The van der Waals surface area contributed by atoms with E-state index in [1.807, 2.05) is 12.1 Å². The molecule has 0 saturated heterocycles. The molecule has 92 valence electrons. The Morgan fingerprint density at radius 1 is 1.17 bits per heavy atom. The number of nitrogens with one attached hydrogen (secondary N) is 1. The van der Waals surface area contributed by atoms with Crippen molar-refractivity contribution in [1.82, 2.24) is 0 Å². The molecule has 0 fully saturated rings. The van der Waals surface area contributed by atoms with Crippen LogP contribution >= 0.6 is 22.6 Å². The van der Waals surface area contributed by atoms with Crippen LogP contribution in [0.1, 0.15) is 15.9 Å². The number of carbonyl (C=O) groups is 1. The molecular formula is C14H11FINO. The molecule has 0 radical (unpaired) electrons. The third kappa shape index (κ3) is 2.87. The predicted molar refractivity (Wildman–Crippen MR) is 78.2 cm³/mol. The number of carbonyl (C=O) groups excluding carboxylic acids is 1. The summed E-state index contributed by atoms with van der Waals surface area (Å²) in [6.45, 7) is 1.66. The number of anilines is 1. The average Bonchev–Trinajstić information content (AvgIpc) is 2.36. The Morgan fingerprint density at radius 2 is 1.83 bits per heavy atom. The molecule has 0 bridgehead atoms. The summed E-state index contributed by atoms with van der Waals surface area (Å²) in [5.74, 6) is -0.702. The smallest absolute Gasteiger partial charge is 0.255 e. The van der Waals surface area contributed by atoms with E-state index in [-0.39, 0.29) is 11.6 Å². The van der Waals surface area contributed by atoms with Crippen LogP contribution in [0.3, 0.4) is 0 Å². The SMILES string of the molecule is Cc1cccc(NC(=O)c2ccc(I)cc2)c1F. The van der Waals surface area contributed by atoms with Crippen molar-refractivity contribution in [3.8, 4) is 0 Å². The lowest BCUT2D eigenvalue weighted by molar-refractivity contribution is 0.102. The molecule has 2 aromatic carbocycles. The lowest BCUT2D eigenvalue weighted by atomic mass is 10.2. The highest BCUT2D eigenvalue weighted by atomic mass is 127. The van der Waals surface area contributed by atoms with Gasteiger partial charge in [-0.2, -0.15) is 0 Å². The normalized spacial score (nSPS) is 10.2. The maximum Gasteiger partial charge on any atom is 0.255 e. The zero-order valence-electron chi connectivity index (χ0n) is 9.71. The molecule has 0 saturated carbocycles. The van der Waals surface area contributed by atoms with Gasteiger partial charge in [-0.3, -0.25) is 4.79 Å². The van der Waals surface area contributed by atoms with Gasteiger partial charge < -0.3 is 5.32 Å². The van der Waals surface area contributed by atoms with Gasteiger partial charge in [0.1, 0.15) is 5.82 Å². The first-order chi connectivity index (χ1) is 8.58. The average molecular weight is 355 g/mol. The van der Waals surface area contributed by atoms with Crippen LogP contribution in [0, 0.1) is 16.3 Å². The molecule has 0 aliphatic rings. The van der Waals surface area contributed by atoms with E-state index >= 15 is 0 Å². The third-order valence-electron chi connectivity index (χ3n) is 2.55. The molecule has 1 amide bonds. The minimum absolute atomic E-state index is 0.207. The van der Waals surface area contributed by atoms with E-state index in [2.05, 4.69) is 27.9 Å². The van der Waals surface area contributed by atoms with E-state index in [0.29, 0.717) is 11.1 Å². The lowest BCUT2D eigenvalue weighted by Gasteiger charge is -2.07. The number of benzene rings is 2. The van der Waals surface area contributed by atoms with Gasteiger partial charge in [0.2, 0.25) is 0 Å². The van der Waals surface area contributed by atoms with Gasteiger partial charge in [-0.05, 0) is 65.4 Å². The van der Waals surface area contributed by atoms with Gasteiger partial charge in [-0.25, -0.2) is 4.39 Å². The van der Waals surface area contributed by atoms with Crippen molar-refractivity contribution < 1.29 is 9.18 Å². The van der Waals surface area contributed by atoms with Gasteiger partial charge in [0.25, 0.3) is 5.91 Å². The molecule has 0 aliphatic carbocycles. The van der Waals surface area contributed by atoms with Crippen LogP contribution in [0.15, 0.2) is 42.5 Å². The van der Waals surface area contributed by atoms with E-state index in [1.54, 1.807) is 37.3 Å². The fourth-order valence-electron chi connectivity index (χ4n) is 1.54. The zero-order chi connectivity index (χ0) is 13.1. The number of aryl methyl sites for hydroxylation is 1. The van der Waals surface area contributed by atoms with Crippen LogP contribution in [0.2, 0.25) is 0 Å². The maximum absolute atomic E-state index is 13.7. The highest BCUT2D eigenvalue weighted by Gasteiger charge is 2.10. The van der Waals surface area contributed by atoms with Crippen molar-refractivity contribution >= 4 is 34.2 Å². The minimum Gasteiger partial charge on any atom is -0.319 e. The van der Waals surface area contributed by atoms with Gasteiger partial charge in [0.15, 0.2) is 0 Å². The molecule has 0 atom stereocenters. The van der Waals surface area contributed by atoms with Crippen molar-refractivity contribution in [3.63, 3.8) is 0 Å². The molecule has 0 spiro atoms. The van der Waals surface area contributed by atoms with E-state index in [9.17, 15) is 9.18 Å². The standard InChI is InChI=1S/C14H11FINO/c1-9-3-2-4-12(13(9)15)17-14(18)10-5-7-11(16)8-6-10/h2-8H,1H3,(H,17,18). The van der Waals surface area contributed by atoms with E-state index in [0.717, 1.165) is 3.57 Å². The Hall–Kier alpha value is -1.43. The highest BCUT2D eigenvalue weighted by molar-refractivity contribution is 14.1. The van der Waals surface area contributed by atoms with Crippen LogP contribution in [0.5, 0.6) is 0 Å². The number of amides is 1. The summed E-state index contributed by atoms with van der Waals surface area (Å²) in [7, 11) is 0. The van der Waals surface area contributed by atoms with Crippen LogP contribution in [-0.2, 0) is 0 Å². The van der Waals surface area contributed by atoms with Gasteiger partial charge >= 0.3 is 0 Å². The Balaban J connectivity index is 2.21. The zero-order valence-corrected chi connectivity index (χ0v) is 11.9. The molecule has 2 nitrogen and oxygen atoms in total. The van der Waals surface area contributed by atoms with Crippen LogP contribution in [0.4, 0.5) is 10.1 Å². The van der Waals surface area contributed by atoms with Crippen LogP contribution in [-0.4, -0.2) is 5.91 Å². The molecule has 1 N–H and O–H groups in total. The summed E-state index contributed by atoms with van der Waals surface area (Å²) in [5, 5.41) is 2.57. The first-order valence-corrected chi connectivity index (χ1v) is 6.48. The Bertz CT molecular complexity index is 581. The number of hydrogen-bond acceptors (Lipinski definition) is 1. The first kappa shape index (κ1) is 13.0. The summed E-state index contributed by atoms with van der Waals surface area (Å²) in [6.07, 6.45) is 0. The second-order valence-electron chi connectivity index (χ2n) is 3.90. The van der Waals surface area contributed by atoms with Crippen LogP contribution in [0.25, 0.3) is 0 Å². The number of halogens is 2. The van der Waals surface area contributed by atoms with Crippen molar-refractivity contribution in [2.24, 2.45) is 0 Å². The highest BCUT2D eigenvalue weighted by Crippen LogP contribution is 2.18. The Morgan fingerprint density at radius 3 is 2.50 bits per heavy atom. The largest absolute Gasteiger partial charge is 0.319 e. The molecular weight excluding hydrogens is 344 g/mol. The number of rotatable bonds is 2. The fourth-order valence-corrected chi connectivity index (χ4v) is 1.90. The van der Waals surface area contributed by atoms with Crippen molar-refractivity contribution in [3.05, 3.63) is 63.0 Å². The topological polar surface area (TPSA) is 29.1 Å². The molecule has 0 aromatic heterocycles. The second-order valence-corrected chi connectivity index (χ2v) is 5.14. The van der Waals surface area contributed by atoms with Gasteiger partial charge in [-0.15, -0.1) is 0 Å².